The second-order valence-corrected chi connectivity index (χ2v) is 11.0. The Labute approximate surface area is 249 Å². The maximum atomic E-state index is 13.8. The summed E-state index contributed by atoms with van der Waals surface area (Å²) in [6.07, 6.45) is 2.14. The van der Waals surface area contributed by atoms with Gasteiger partial charge in [-0.1, -0.05) is 49.4 Å². The number of benzene rings is 2. The predicted molar refractivity (Wildman–Crippen MR) is 161 cm³/mol. The molecule has 2 aliphatic rings. The van der Waals surface area contributed by atoms with Crippen molar-refractivity contribution in [1.82, 2.24) is 19.7 Å². The molecule has 2 aliphatic heterocycles. The normalized spacial score (nSPS) is 16.5. The third kappa shape index (κ3) is 6.71. The Morgan fingerprint density at radius 2 is 1.93 bits per heavy atom. The number of hydrogen-bond donors (Lipinski definition) is 2. The molecule has 0 spiro atoms. The smallest absolute Gasteiger partial charge is 0.260 e. The van der Waals surface area contributed by atoms with Crippen LogP contribution in [0.4, 0.5) is 11.6 Å². The van der Waals surface area contributed by atoms with E-state index < -0.39 is 6.04 Å². The summed E-state index contributed by atoms with van der Waals surface area (Å²) in [5.74, 6) is 1.97. The number of nitrogens with one attached hydrogen (secondary N) is 2. The Morgan fingerprint density at radius 3 is 2.67 bits per heavy atom. The van der Waals surface area contributed by atoms with Gasteiger partial charge in [0.15, 0.2) is 18.1 Å². The maximum Gasteiger partial charge on any atom is 0.260 e. The predicted octanol–water partition coefficient (Wildman–Crippen LogP) is 4.34. The molecule has 1 aromatic heterocycles. The zero-order chi connectivity index (χ0) is 29.5. The maximum absolute atomic E-state index is 13.8. The van der Waals surface area contributed by atoms with Crippen molar-refractivity contribution < 1.29 is 23.8 Å². The first-order valence-electron chi connectivity index (χ1n) is 14.1. The SMILES string of the molecule is CCCCSc1nc2n(n1)C(c1ccc(OCC(=O)N3CCOCC3)c(OC)c1)C(C(=O)Nc1ccccc1)=C(C)N2. The summed E-state index contributed by atoms with van der Waals surface area (Å²) in [6.45, 7) is 6.04. The molecule has 3 aromatic rings. The number of morpholine rings is 1. The van der Waals surface area contributed by atoms with Gasteiger partial charge >= 0.3 is 0 Å². The average Bonchev–Trinajstić information content (AvgIpc) is 3.42. The highest BCUT2D eigenvalue weighted by molar-refractivity contribution is 7.99. The molecule has 12 heteroatoms. The quantitative estimate of drug-likeness (QED) is 0.247. The van der Waals surface area contributed by atoms with E-state index in [4.69, 9.17) is 24.3 Å². The number of para-hydroxylation sites is 1. The van der Waals surface area contributed by atoms with Crippen molar-refractivity contribution in [3.8, 4) is 11.5 Å². The van der Waals surface area contributed by atoms with Crippen LogP contribution in [-0.2, 0) is 14.3 Å². The summed E-state index contributed by atoms with van der Waals surface area (Å²) in [6, 6.07) is 14.2. The van der Waals surface area contributed by atoms with Crippen molar-refractivity contribution in [3.05, 3.63) is 65.4 Å². The number of unbranched alkanes of at least 4 members (excludes halogenated alkanes) is 1. The first kappa shape index (κ1) is 29.5. The summed E-state index contributed by atoms with van der Waals surface area (Å²) in [4.78, 5) is 32.8. The van der Waals surface area contributed by atoms with Crippen LogP contribution in [0.2, 0.25) is 0 Å². The zero-order valence-electron chi connectivity index (χ0n) is 24.1. The first-order chi connectivity index (χ1) is 20.5. The van der Waals surface area contributed by atoms with E-state index in [0.717, 1.165) is 24.2 Å². The number of thioether (sulfide) groups is 1. The number of rotatable bonds is 11. The topological polar surface area (TPSA) is 120 Å². The van der Waals surface area contributed by atoms with Gasteiger partial charge in [-0.25, -0.2) is 4.68 Å². The number of allylic oxidation sites excluding steroid dienone is 1. The van der Waals surface area contributed by atoms with Gasteiger partial charge in [-0.2, -0.15) is 4.98 Å². The van der Waals surface area contributed by atoms with E-state index >= 15 is 0 Å². The monoisotopic (exact) mass is 592 g/mol. The summed E-state index contributed by atoms with van der Waals surface area (Å²) in [5, 5.41) is 11.7. The Balaban J connectivity index is 1.45. The minimum Gasteiger partial charge on any atom is -0.493 e. The van der Waals surface area contributed by atoms with Crippen molar-refractivity contribution in [3.63, 3.8) is 0 Å². The highest BCUT2D eigenvalue weighted by Crippen LogP contribution is 2.40. The molecule has 0 bridgehead atoms. The van der Waals surface area contributed by atoms with E-state index in [1.165, 1.54) is 0 Å². The molecular formula is C30H36N6O5S. The van der Waals surface area contributed by atoms with Crippen LogP contribution in [0.25, 0.3) is 0 Å². The van der Waals surface area contributed by atoms with Gasteiger partial charge in [0.05, 0.1) is 25.9 Å². The van der Waals surface area contributed by atoms with E-state index in [0.29, 0.717) is 65.9 Å². The zero-order valence-corrected chi connectivity index (χ0v) is 24.9. The molecule has 2 amide bonds. The van der Waals surface area contributed by atoms with Crippen LogP contribution in [0.3, 0.4) is 0 Å². The Kier molecular flexibility index (Phi) is 9.65. The van der Waals surface area contributed by atoms with Crippen LogP contribution in [0.5, 0.6) is 11.5 Å². The molecule has 11 nitrogen and oxygen atoms in total. The highest BCUT2D eigenvalue weighted by atomic mass is 32.2. The molecule has 2 N–H and O–H groups in total. The molecule has 1 unspecified atom stereocenters. The van der Waals surface area contributed by atoms with E-state index in [9.17, 15) is 9.59 Å². The number of nitrogens with zero attached hydrogens (tertiary/aromatic N) is 4. The van der Waals surface area contributed by atoms with Crippen molar-refractivity contribution >= 4 is 35.2 Å². The van der Waals surface area contributed by atoms with E-state index in [1.807, 2.05) is 49.4 Å². The number of anilines is 2. The number of methoxy groups -OCH3 is 1. The van der Waals surface area contributed by atoms with Gasteiger partial charge in [0.1, 0.15) is 6.04 Å². The lowest BCUT2D eigenvalue weighted by Gasteiger charge is -2.29. The minimum absolute atomic E-state index is 0.110. The number of hydrogen-bond acceptors (Lipinski definition) is 9. The standard InChI is InChI=1S/C30H36N6O5S/c1-4-5-17-42-30-33-29-31-20(2)26(28(38)32-22-9-7-6-8-10-22)27(36(29)34-30)21-11-12-23(24(18-21)39-3)41-19-25(37)35-13-15-40-16-14-35/h6-12,18,27H,4-5,13-17,19H2,1-3H3,(H,32,38)(H,31,33,34). The number of carbonyl (C=O) groups excluding carboxylic acids is 2. The Hall–Kier alpha value is -4.03. The fraction of sp³-hybridized carbons (Fsp3) is 0.400. The summed E-state index contributed by atoms with van der Waals surface area (Å²) in [7, 11) is 1.55. The van der Waals surface area contributed by atoms with Crippen molar-refractivity contribution in [1.29, 1.82) is 0 Å². The number of fused-ring (bicyclic) bond motifs is 1. The summed E-state index contributed by atoms with van der Waals surface area (Å²) >= 11 is 1.59. The fourth-order valence-electron chi connectivity index (χ4n) is 4.84. The fourth-order valence-corrected chi connectivity index (χ4v) is 5.75. The highest BCUT2D eigenvalue weighted by Gasteiger charge is 2.35. The van der Waals surface area contributed by atoms with Crippen molar-refractivity contribution in [2.75, 3.05) is 56.4 Å². The minimum atomic E-state index is -0.587. The number of carbonyl (C=O) groups is 2. The van der Waals surface area contributed by atoms with Gasteiger partial charge in [0.2, 0.25) is 11.1 Å². The van der Waals surface area contributed by atoms with Gasteiger partial charge in [-0.15, -0.1) is 5.10 Å². The molecule has 5 rings (SSSR count). The number of ether oxygens (including phenoxy) is 3. The molecular weight excluding hydrogens is 556 g/mol. The molecule has 0 radical (unpaired) electrons. The van der Waals surface area contributed by atoms with Crippen LogP contribution in [0.15, 0.2) is 65.0 Å². The molecule has 2 aromatic carbocycles. The lowest BCUT2D eigenvalue weighted by Crippen LogP contribution is -2.43. The largest absolute Gasteiger partial charge is 0.493 e. The van der Waals surface area contributed by atoms with Gasteiger partial charge in [-0.05, 0) is 43.2 Å². The van der Waals surface area contributed by atoms with E-state index in [2.05, 4.69) is 17.6 Å². The summed E-state index contributed by atoms with van der Waals surface area (Å²) < 4.78 is 18.7. The molecule has 0 aliphatic carbocycles. The third-order valence-corrected chi connectivity index (χ3v) is 7.98. The summed E-state index contributed by atoms with van der Waals surface area (Å²) in [5.41, 5.74) is 2.62. The van der Waals surface area contributed by atoms with Crippen LogP contribution < -0.4 is 20.1 Å². The number of aromatic nitrogens is 3. The van der Waals surface area contributed by atoms with E-state index in [1.54, 1.807) is 34.5 Å². The van der Waals surface area contributed by atoms with Gasteiger partial charge in [0, 0.05) is 30.2 Å². The van der Waals surface area contributed by atoms with Crippen LogP contribution in [0.1, 0.15) is 38.3 Å². The molecule has 1 saturated heterocycles. The third-order valence-electron chi connectivity index (χ3n) is 7.06. The van der Waals surface area contributed by atoms with Crippen molar-refractivity contribution in [2.45, 2.75) is 37.9 Å². The molecule has 1 atom stereocenters. The van der Waals surface area contributed by atoms with Crippen molar-refractivity contribution in [2.24, 2.45) is 0 Å². The second-order valence-electron chi connectivity index (χ2n) is 9.94. The average molecular weight is 593 g/mol. The Bertz CT molecular complexity index is 1440. The molecule has 1 fully saturated rings. The van der Waals surface area contributed by atoms with Crippen LogP contribution >= 0.6 is 11.8 Å². The Morgan fingerprint density at radius 1 is 1.14 bits per heavy atom. The lowest BCUT2D eigenvalue weighted by molar-refractivity contribution is -0.137. The number of amides is 2. The molecule has 3 heterocycles. The van der Waals surface area contributed by atoms with Gasteiger partial charge < -0.3 is 29.7 Å². The van der Waals surface area contributed by atoms with Crippen LogP contribution in [-0.4, -0.2) is 77.3 Å². The molecule has 42 heavy (non-hydrogen) atoms. The first-order valence-corrected chi connectivity index (χ1v) is 15.1. The van der Waals surface area contributed by atoms with E-state index in [-0.39, 0.29) is 18.4 Å². The molecule has 222 valence electrons. The lowest BCUT2D eigenvalue weighted by atomic mass is 9.94. The van der Waals surface area contributed by atoms with Gasteiger partial charge in [-0.3, -0.25) is 9.59 Å². The van der Waals surface area contributed by atoms with Crippen LogP contribution in [0, 0.1) is 0 Å². The van der Waals surface area contributed by atoms with Gasteiger partial charge in [0.25, 0.3) is 11.8 Å². The second kappa shape index (κ2) is 13.8. The molecule has 0 saturated carbocycles.